The molecule has 0 unspecified atom stereocenters. The lowest BCUT2D eigenvalue weighted by Gasteiger charge is -2.13. The largest absolute Gasteiger partial charge is 0.278 e. The Morgan fingerprint density at radius 3 is 2.38 bits per heavy atom. The molecule has 0 bridgehead atoms. The van der Waals surface area contributed by atoms with E-state index in [9.17, 15) is 4.79 Å². The standard InChI is InChI=1S/C16H11BrN2OS/c17-12-8-6-11(7-9-12)10-14-15(20)19(16(18)21-14)13-4-2-1-3-5-13/h1-10,18H/b14-10-,18-16?. The van der Waals surface area contributed by atoms with Crippen LogP contribution in [0.3, 0.4) is 0 Å². The number of para-hydroxylation sites is 1. The van der Waals surface area contributed by atoms with Gasteiger partial charge in [0, 0.05) is 4.47 Å². The van der Waals surface area contributed by atoms with Crippen LogP contribution in [0.4, 0.5) is 5.69 Å². The molecule has 0 atom stereocenters. The zero-order valence-corrected chi connectivity index (χ0v) is 13.3. The third kappa shape index (κ3) is 2.94. The van der Waals surface area contributed by atoms with Crippen molar-refractivity contribution in [2.75, 3.05) is 4.90 Å². The molecule has 104 valence electrons. The quantitative estimate of drug-likeness (QED) is 0.802. The first-order chi connectivity index (χ1) is 10.1. The second-order valence-corrected chi connectivity index (χ2v) is 6.39. The molecule has 0 radical (unpaired) electrons. The summed E-state index contributed by atoms with van der Waals surface area (Å²) in [5.74, 6) is -0.154. The second kappa shape index (κ2) is 5.87. The molecule has 5 heteroatoms. The molecule has 0 spiro atoms. The second-order valence-electron chi connectivity index (χ2n) is 4.44. The fourth-order valence-electron chi connectivity index (χ4n) is 2.01. The van der Waals surface area contributed by atoms with Gasteiger partial charge in [-0.25, -0.2) is 0 Å². The Kier molecular flexibility index (Phi) is 3.94. The minimum Gasteiger partial charge on any atom is -0.278 e. The summed E-state index contributed by atoms with van der Waals surface area (Å²) in [6.45, 7) is 0. The van der Waals surface area contributed by atoms with Gasteiger partial charge in [-0.05, 0) is 47.7 Å². The van der Waals surface area contributed by atoms with E-state index in [-0.39, 0.29) is 11.1 Å². The number of carbonyl (C=O) groups excluding carboxylic acids is 1. The molecule has 1 aliphatic heterocycles. The average Bonchev–Trinajstić information content (AvgIpc) is 2.77. The van der Waals surface area contributed by atoms with E-state index < -0.39 is 0 Å². The molecule has 1 N–H and O–H groups in total. The number of benzene rings is 2. The minimum absolute atomic E-state index is 0.154. The molecule has 3 rings (SSSR count). The van der Waals surface area contributed by atoms with Crippen LogP contribution >= 0.6 is 27.7 Å². The fourth-order valence-corrected chi connectivity index (χ4v) is 3.13. The lowest BCUT2D eigenvalue weighted by molar-refractivity contribution is -0.113. The van der Waals surface area contributed by atoms with E-state index in [0.717, 1.165) is 15.7 Å². The number of amides is 1. The molecule has 0 aliphatic carbocycles. The first-order valence-corrected chi connectivity index (χ1v) is 7.89. The zero-order valence-electron chi connectivity index (χ0n) is 10.9. The number of hydrogen-bond donors (Lipinski definition) is 1. The van der Waals surface area contributed by atoms with Crippen LogP contribution in [0, 0.1) is 5.41 Å². The normalized spacial score (nSPS) is 16.8. The molecule has 1 saturated heterocycles. The Balaban J connectivity index is 1.92. The predicted octanol–water partition coefficient (Wildman–Crippen LogP) is 4.50. The molecule has 1 aliphatic rings. The van der Waals surface area contributed by atoms with E-state index in [4.69, 9.17) is 5.41 Å². The highest BCUT2D eigenvalue weighted by Crippen LogP contribution is 2.35. The van der Waals surface area contributed by atoms with Crippen molar-refractivity contribution in [2.45, 2.75) is 0 Å². The van der Waals surface area contributed by atoms with Crippen molar-refractivity contribution in [1.82, 2.24) is 0 Å². The highest BCUT2D eigenvalue weighted by molar-refractivity contribution is 9.10. The summed E-state index contributed by atoms with van der Waals surface area (Å²) in [5.41, 5.74) is 1.66. The predicted molar refractivity (Wildman–Crippen MR) is 91.4 cm³/mol. The Bertz CT molecular complexity index is 726. The smallest absolute Gasteiger partial charge is 0.271 e. The molecular formula is C16H11BrN2OS. The number of halogens is 1. The molecule has 2 aromatic carbocycles. The van der Waals surface area contributed by atoms with Crippen LogP contribution in [0.25, 0.3) is 6.08 Å². The van der Waals surface area contributed by atoms with Crippen molar-refractivity contribution in [1.29, 1.82) is 5.41 Å². The SMILES string of the molecule is N=C1S/C(=C\c2ccc(Br)cc2)C(=O)N1c1ccccc1. The monoisotopic (exact) mass is 358 g/mol. The molecule has 1 fully saturated rings. The number of nitrogens with zero attached hydrogens (tertiary/aromatic N) is 1. The van der Waals surface area contributed by atoms with E-state index >= 15 is 0 Å². The molecule has 1 amide bonds. The summed E-state index contributed by atoms with van der Waals surface area (Å²) in [7, 11) is 0. The highest BCUT2D eigenvalue weighted by Gasteiger charge is 2.33. The van der Waals surface area contributed by atoms with Crippen molar-refractivity contribution in [3.63, 3.8) is 0 Å². The maximum atomic E-state index is 12.5. The molecular weight excluding hydrogens is 348 g/mol. The lowest BCUT2D eigenvalue weighted by Crippen LogP contribution is -2.27. The van der Waals surface area contributed by atoms with E-state index in [1.807, 2.05) is 60.7 Å². The van der Waals surface area contributed by atoms with Gasteiger partial charge in [-0.1, -0.05) is 46.3 Å². The maximum absolute atomic E-state index is 12.5. The van der Waals surface area contributed by atoms with Gasteiger partial charge >= 0.3 is 0 Å². The van der Waals surface area contributed by atoms with Crippen LogP contribution in [0.1, 0.15) is 5.56 Å². The number of rotatable bonds is 2. The van der Waals surface area contributed by atoms with Gasteiger partial charge < -0.3 is 0 Å². The van der Waals surface area contributed by atoms with Crippen molar-refractivity contribution in [3.05, 3.63) is 69.5 Å². The van der Waals surface area contributed by atoms with Crippen LogP contribution in [-0.2, 0) is 4.79 Å². The Hall–Kier alpha value is -1.85. The summed E-state index contributed by atoms with van der Waals surface area (Å²) in [6.07, 6.45) is 1.82. The van der Waals surface area contributed by atoms with Crippen molar-refractivity contribution in [2.24, 2.45) is 0 Å². The van der Waals surface area contributed by atoms with E-state index in [1.54, 1.807) is 0 Å². The molecule has 2 aromatic rings. The average molecular weight is 359 g/mol. The number of nitrogens with one attached hydrogen (secondary N) is 1. The third-order valence-corrected chi connectivity index (χ3v) is 4.42. The first-order valence-electron chi connectivity index (χ1n) is 6.28. The van der Waals surface area contributed by atoms with Gasteiger partial charge in [0.25, 0.3) is 5.91 Å². The Morgan fingerprint density at radius 1 is 1.05 bits per heavy atom. The molecule has 0 aromatic heterocycles. The topological polar surface area (TPSA) is 44.2 Å². The van der Waals surface area contributed by atoms with E-state index in [2.05, 4.69) is 15.9 Å². The maximum Gasteiger partial charge on any atom is 0.271 e. The van der Waals surface area contributed by atoms with Crippen molar-refractivity contribution >= 4 is 50.5 Å². The van der Waals surface area contributed by atoms with Gasteiger partial charge in [-0.2, -0.15) is 0 Å². The molecule has 3 nitrogen and oxygen atoms in total. The zero-order chi connectivity index (χ0) is 14.8. The van der Waals surface area contributed by atoms with Crippen LogP contribution in [0.15, 0.2) is 64.0 Å². The van der Waals surface area contributed by atoms with Crippen LogP contribution in [0.2, 0.25) is 0 Å². The molecule has 1 heterocycles. The van der Waals surface area contributed by atoms with Gasteiger partial charge in [0.15, 0.2) is 5.17 Å². The van der Waals surface area contributed by atoms with E-state index in [0.29, 0.717) is 4.91 Å². The highest BCUT2D eigenvalue weighted by atomic mass is 79.9. The summed E-state index contributed by atoms with van der Waals surface area (Å²) in [5, 5.41) is 8.25. The van der Waals surface area contributed by atoms with Crippen LogP contribution in [-0.4, -0.2) is 11.1 Å². The molecule has 0 saturated carbocycles. The summed E-state index contributed by atoms with van der Waals surface area (Å²) in [4.78, 5) is 14.5. The van der Waals surface area contributed by atoms with Gasteiger partial charge in [0.05, 0.1) is 10.6 Å². The number of carbonyl (C=O) groups is 1. The minimum atomic E-state index is -0.154. The number of amidine groups is 1. The fraction of sp³-hybridized carbons (Fsp3) is 0. The van der Waals surface area contributed by atoms with Gasteiger partial charge in [-0.3, -0.25) is 15.1 Å². The Labute approximate surface area is 135 Å². The Morgan fingerprint density at radius 2 is 1.71 bits per heavy atom. The number of hydrogen-bond acceptors (Lipinski definition) is 3. The van der Waals surface area contributed by atoms with Gasteiger partial charge in [-0.15, -0.1) is 0 Å². The number of anilines is 1. The third-order valence-electron chi connectivity index (χ3n) is 3.01. The van der Waals surface area contributed by atoms with Gasteiger partial charge in [0.1, 0.15) is 0 Å². The first kappa shape index (κ1) is 14.1. The summed E-state index contributed by atoms with van der Waals surface area (Å²) < 4.78 is 0.994. The summed E-state index contributed by atoms with van der Waals surface area (Å²) in [6, 6.07) is 17.0. The van der Waals surface area contributed by atoms with Crippen LogP contribution < -0.4 is 4.90 Å². The van der Waals surface area contributed by atoms with Crippen molar-refractivity contribution in [3.8, 4) is 0 Å². The van der Waals surface area contributed by atoms with E-state index in [1.165, 1.54) is 16.7 Å². The lowest BCUT2D eigenvalue weighted by atomic mass is 10.2. The van der Waals surface area contributed by atoms with Crippen LogP contribution in [0.5, 0.6) is 0 Å². The number of thioether (sulfide) groups is 1. The van der Waals surface area contributed by atoms with Crippen molar-refractivity contribution < 1.29 is 4.79 Å². The van der Waals surface area contributed by atoms with Gasteiger partial charge in [0.2, 0.25) is 0 Å². The summed E-state index contributed by atoms with van der Waals surface area (Å²) >= 11 is 4.57. The molecule has 21 heavy (non-hydrogen) atoms.